The summed E-state index contributed by atoms with van der Waals surface area (Å²) in [7, 11) is 0. The highest BCUT2D eigenvalue weighted by Crippen LogP contribution is 2.34. The van der Waals surface area contributed by atoms with Crippen molar-refractivity contribution in [1.29, 1.82) is 0 Å². The summed E-state index contributed by atoms with van der Waals surface area (Å²) in [5.41, 5.74) is 7.75. The van der Waals surface area contributed by atoms with Crippen LogP contribution in [0.1, 0.15) is 24.0 Å². The second-order valence-corrected chi connectivity index (χ2v) is 6.26. The number of halogens is 1. The third kappa shape index (κ3) is 3.40. The van der Waals surface area contributed by atoms with E-state index in [1.54, 1.807) is 23.1 Å². The Bertz CT molecular complexity index is 505. The van der Waals surface area contributed by atoms with E-state index in [9.17, 15) is 0 Å². The molecule has 0 spiro atoms. The highest BCUT2D eigenvalue weighted by Gasteiger charge is 2.07. The van der Waals surface area contributed by atoms with E-state index in [4.69, 9.17) is 17.3 Å². The Labute approximate surface area is 121 Å². The number of nitrogens with zero attached hydrogens (tertiary/aromatic N) is 1. The van der Waals surface area contributed by atoms with Gasteiger partial charge < -0.3 is 5.73 Å². The fourth-order valence-corrected chi connectivity index (χ4v) is 3.80. The van der Waals surface area contributed by atoms with Crippen LogP contribution in [0.2, 0.25) is 5.02 Å². The SMILES string of the molecule is CCCc1nc(CSc2c(N)cccc2Cl)cs1. The van der Waals surface area contributed by atoms with Gasteiger partial charge >= 0.3 is 0 Å². The normalized spacial score (nSPS) is 10.8. The second-order valence-electron chi connectivity index (χ2n) is 3.93. The lowest BCUT2D eigenvalue weighted by Gasteiger charge is -2.05. The predicted molar refractivity (Wildman–Crippen MR) is 81.5 cm³/mol. The molecule has 0 atom stereocenters. The number of aryl methyl sites for hydroxylation is 1. The predicted octanol–water partition coefficient (Wildman–Crippen LogP) is 4.62. The van der Waals surface area contributed by atoms with E-state index in [2.05, 4.69) is 17.3 Å². The number of aromatic nitrogens is 1. The first-order chi connectivity index (χ1) is 8.70. The van der Waals surface area contributed by atoms with Crippen molar-refractivity contribution in [3.63, 3.8) is 0 Å². The van der Waals surface area contributed by atoms with Gasteiger partial charge in [-0.3, -0.25) is 0 Å². The quantitative estimate of drug-likeness (QED) is 0.646. The van der Waals surface area contributed by atoms with Crippen LogP contribution in [-0.4, -0.2) is 4.98 Å². The number of nitrogen functional groups attached to an aromatic ring is 1. The van der Waals surface area contributed by atoms with Gasteiger partial charge in [0.05, 0.1) is 15.7 Å². The maximum atomic E-state index is 6.13. The minimum atomic E-state index is 0.712. The van der Waals surface area contributed by atoms with Crippen LogP contribution >= 0.6 is 34.7 Å². The Balaban J connectivity index is 2.02. The van der Waals surface area contributed by atoms with Gasteiger partial charge in [0.15, 0.2) is 0 Å². The number of thioether (sulfide) groups is 1. The molecule has 0 fully saturated rings. The summed E-state index contributed by atoms with van der Waals surface area (Å²) < 4.78 is 0. The molecule has 18 heavy (non-hydrogen) atoms. The maximum absolute atomic E-state index is 6.13. The van der Waals surface area contributed by atoms with Crippen LogP contribution in [0.25, 0.3) is 0 Å². The molecule has 0 aliphatic rings. The molecule has 2 rings (SSSR count). The molecule has 0 aliphatic carbocycles. The summed E-state index contributed by atoms with van der Waals surface area (Å²) in [4.78, 5) is 5.54. The summed E-state index contributed by atoms with van der Waals surface area (Å²) in [6, 6.07) is 5.60. The molecule has 1 heterocycles. The van der Waals surface area contributed by atoms with Gasteiger partial charge in [0, 0.05) is 21.7 Å². The zero-order valence-corrected chi connectivity index (χ0v) is 12.5. The Morgan fingerprint density at radius 2 is 2.28 bits per heavy atom. The van der Waals surface area contributed by atoms with Crippen LogP contribution in [0.15, 0.2) is 28.5 Å². The lowest BCUT2D eigenvalue weighted by Crippen LogP contribution is -1.90. The number of benzene rings is 1. The van der Waals surface area contributed by atoms with Gasteiger partial charge in [0.2, 0.25) is 0 Å². The van der Waals surface area contributed by atoms with Gasteiger partial charge in [0.25, 0.3) is 0 Å². The zero-order chi connectivity index (χ0) is 13.0. The van der Waals surface area contributed by atoms with Crippen LogP contribution in [0.3, 0.4) is 0 Å². The summed E-state index contributed by atoms with van der Waals surface area (Å²) >= 11 is 9.51. The first-order valence-electron chi connectivity index (χ1n) is 5.80. The number of anilines is 1. The Morgan fingerprint density at radius 1 is 1.44 bits per heavy atom. The minimum absolute atomic E-state index is 0.712. The molecule has 2 N–H and O–H groups in total. The molecule has 0 saturated carbocycles. The smallest absolute Gasteiger partial charge is 0.0928 e. The molecule has 2 nitrogen and oxygen atoms in total. The lowest BCUT2D eigenvalue weighted by molar-refractivity contribution is 0.902. The van der Waals surface area contributed by atoms with Gasteiger partial charge in [-0.25, -0.2) is 4.98 Å². The number of hydrogen-bond donors (Lipinski definition) is 1. The van der Waals surface area contributed by atoms with E-state index in [0.717, 1.165) is 34.9 Å². The Kier molecular flexibility index (Phi) is 4.92. The van der Waals surface area contributed by atoms with Gasteiger partial charge in [-0.1, -0.05) is 24.6 Å². The summed E-state index contributed by atoms with van der Waals surface area (Å²) in [5, 5.41) is 4.04. The molecule has 0 radical (unpaired) electrons. The van der Waals surface area contributed by atoms with Gasteiger partial charge in [-0.2, -0.15) is 0 Å². The van der Waals surface area contributed by atoms with Crippen molar-refractivity contribution < 1.29 is 0 Å². The fourth-order valence-electron chi connectivity index (χ4n) is 1.57. The molecule has 0 unspecified atom stereocenters. The number of rotatable bonds is 5. The first-order valence-corrected chi connectivity index (χ1v) is 8.05. The average molecular weight is 299 g/mol. The monoisotopic (exact) mass is 298 g/mol. The van der Waals surface area contributed by atoms with Gasteiger partial charge in [-0.15, -0.1) is 23.1 Å². The van der Waals surface area contributed by atoms with Crippen molar-refractivity contribution in [2.45, 2.75) is 30.4 Å². The fraction of sp³-hybridized carbons (Fsp3) is 0.308. The molecular formula is C13H15ClN2S2. The van der Waals surface area contributed by atoms with Crippen molar-refractivity contribution in [2.75, 3.05) is 5.73 Å². The third-order valence-corrected chi connectivity index (χ3v) is 4.99. The van der Waals surface area contributed by atoms with Crippen LogP contribution in [0.5, 0.6) is 0 Å². The Hall–Kier alpha value is -0.710. The minimum Gasteiger partial charge on any atom is -0.398 e. The van der Waals surface area contributed by atoms with Crippen LogP contribution in [-0.2, 0) is 12.2 Å². The van der Waals surface area contributed by atoms with Gasteiger partial charge in [-0.05, 0) is 25.0 Å². The zero-order valence-electron chi connectivity index (χ0n) is 10.1. The molecule has 0 aliphatic heterocycles. The third-order valence-electron chi connectivity index (χ3n) is 2.43. The molecule has 96 valence electrons. The molecule has 0 bridgehead atoms. The van der Waals surface area contributed by atoms with Crippen molar-refractivity contribution in [3.05, 3.63) is 39.3 Å². The average Bonchev–Trinajstić information content (AvgIpc) is 2.77. The molecule has 2 aromatic rings. The molecule has 1 aromatic carbocycles. The van der Waals surface area contributed by atoms with Crippen LogP contribution < -0.4 is 5.73 Å². The van der Waals surface area contributed by atoms with Crippen molar-refractivity contribution >= 4 is 40.4 Å². The molecule has 0 saturated heterocycles. The number of thiazole rings is 1. The van der Waals surface area contributed by atoms with E-state index in [1.807, 2.05) is 18.2 Å². The van der Waals surface area contributed by atoms with Crippen LogP contribution in [0.4, 0.5) is 5.69 Å². The van der Waals surface area contributed by atoms with Crippen molar-refractivity contribution in [3.8, 4) is 0 Å². The highest BCUT2D eigenvalue weighted by molar-refractivity contribution is 7.98. The lowest BCUT2D eigenvalue weighted by atomic mass is 10.3. The van der Waals surface area contributed by atoms with Crippen molar-refractivity contribution in [1.82, 2.24) is 4.98 Å². The maximum Gasteiger partial charge on any atom is 0.0928 e. The van der Waals surface area contributed by atoms with E-state index >= 15 is 0 Å². The van der Waals surface area contributed by atoms with Crippen LogP contribution in [0, 0.1) is 0 Å². The van der Waals surface area contributed by atoms with E-state index in [1.165, 1.54) is 5.01 Å². The topological polar surface area (TPSA) is 38.9 Å². The largest absolute Gasteiger partial charge is 0.398 e. The summed E-state index contributed by atoms with van der Waals surface area (Å²) in [5.74, 6) is 0.814. The molecular weight excluding hydrogens is 284 g/mol. The van der Waals surface area contributed by atoms with E-state index < -0.39 is 0 Å². The summed E-state index contributed by atoms with van der Waals surface area (Å²) in [6.45, 7) is 2.17. The van der Waals surface area contributed by atoms with Crippen molar-refractivity contribution in [2.24, 2.45) is 0 Å². The van der Waals surface area contributed by atoms with E-state index in [-0.39, 0.29) is 0 Å². The number of nitrogens with two attached hydrogens (primary N) is 1. The van der Waals surface area contributed by atoms with E-state index in [0.29, 0.717) is 5.02 Å². The standard InChI is InChI=1S/C13H15ClN2S2/c1-2-4-12-16-9(7-17-12)8-18-13-10(14)5-3-6-11(13)15/h3,5-7H,2,4,8,15H2,1H3. The highest BCUT2D eigenvalue weighted by atomic mass is 35.5. The first kappa shape index (κ1) is 13.7. The molecule has 1 aromatic heterocycles. The second kappa shape index (κ2) is 6.45. The Morgan fingerprint density at radius 3 is 3.00 bits per heavy atom. The molecule has 0 amide bonds. The summed E-state index contributed by atoms with van der Waals surface area (Å²) in [6.07, 6.45) is 2.20. The molecule has 5 heteroatoms. The number of hydrogen-bond acceptors (Lipinski definition) is 4. The van der Waals surface area contributed by atoms with Gasteiger partial charge in [0.1, 0.15) is 0 Å².